The first-order chi connectivity index (χ1) is 17.3. The number of carbonyl (C=O) groups excluding carboxylic acids is 1. The molecule has 0 radical (unpaired) electrons. The van der Waals surface area contributed by atoms with Crippen LogP contribution < -0.4 is 10.6 Å². The van der Waals surface area contributed by atoms with Gasteiger partial charge in [0.05, 0.1) is 23.8 Å². The Kier molecular flexibility index (Phi) is 6.79. The number of pyridine rings is 1. The maximum absolute atomic E-state index is 15.0. The molecule has 1 atom stereocenters. The summed E-state index contributed by atoms with van der Waals surface area (Å²) < 4.78 is 20.5. The van der Waals surface area contributed by atoms with E-state index >= 15 is 0 Å². The first-order valence-corrected chi connectivity index (χ1v) is 12.7. The molecule has 2 saturated heterocycles. The van der Waals surface area contributed by atoms with Crippen molar-refractivity contribution in [1.82, 2.24) is 30.1 Å². The van der Waals surface area contributed by atoms with E-state index in [2.05, 4.69) is 51.3 Å². The highest BCUT2D eigenvalue weighted by molar-refractivity contribution is 5.92. The average molecular weight is 496 g/mol. The minimum Gasteiger partial charge on any atom is -0.381 e. The number of ether oxygens (including phenoxy) is 1. The van der Waals surface area contributed by atoms with Crippen LogP contribution in [0.25, 0.3) is 5.70 Å². The summed E-state index contributed by atoms with van der Waals surface area (Å²) in [4.78, 5) is 29.9. The Labute approximate surface area is 211 Å². The van der Waals surface area contributed by atoms with Crippen molar-refractivity contribution in [3.63, 3.8) is 0 Å². The first-order valence-electron chi connectivity index (χ1n) is 12.7. The Hall–Kier alpha value is -3.27. The third-order valence-electron chi connectivity index (χ3n) is 7.15. The van der Waals surface area contributed by atoms with Gasteiger partial charge in [0.25, 0.3) is 5.91 Å². The standard InChI is InChI=1S/C26H34FN7O2/c1-17-5-4-10-33(16-17)24(35)21-7-6-18(13-28-21)31-25-29-14-20(27)23(32-25)22-15-30-26(2,3)34(22)19-8-11-36-12-9-19/h6-7,13-15,17,19,30H,4-5,8-12,16H2,1-3H3,(H,29,31,32). The summed E-state index contributed by atoms with van der Waals surface area (Å²) in [5.41, 5.74) is 1.59. The minimum atomic E-state index is -0.488. The van der Waals surface area contributed by atoms with Crippen LogP contribution in [0.4, 0.5) is 16.0 Å². The van der Waals surface area contributed by atoms with E-state index in [1.54, 1.807) is 18.3 Å². The number of hydrogen-bond donors (Lipinski definition) is 2. The van der Waals surface area contributed by atoms with Gasteiger partial charge < -0.3 is 25.2 Å². The van der Waals surface area contributed by atoms with Crippen molar-refractivity contribution in [3.8, 4) is 0 Å². The van der Waals surface area contributed by atoms with E-state index in [1.807, 2.05) is 11.1 Å². The molecule has 10 heteroatoms. The second-order valence-electron chi connectivity index (χ2n) is 10.4. The van der Waals surface area contributed by atoms with Gasteiger partial charge in [0.15, 0.2) is 5.82 Å². The summed E-state index contributed by atoms with van der Waals surface area (Å²) in [7, 11) is 0. The van der Waals surface area contributed by atoms with E-state index in [9.17, 15) is 9.18 Å². The molecule has 2 fully saturated rings. The smallest absolute Gasteiger partial charge is 0.272 e. The van der Waals surface area contributed by atoms with Gasteiger partial charge in [-0.15, -0.1) is 0 Å². The number of nitrogens with zero attached hydrogens (tertiary/aromatic N) is 5. The Morgan fingerprint density at radius 3 is 2.72 bits per heavy atom. The third kappa shape index (κ3) is 5.00. The molecule has 5 heterocycles. The summed E-state index contributed by atoms with van der Waals surface area (Å²) in [5.74, 6) is 0.226. The summed E-state index contributed by atoms with van der Waals surface area (Å²) in [5, 5.41) is 6.46. The van der Waals surface area contributed by atoms with Crippen LogP contribution in [0.5, 0.6) is 0 Å². The number of nitrogens with one attached hydrogen (secondary N) is 2. The molecule has 1 unspecified atom stereocenters. The Balaban J connectivity index is 1.32. The van der Waals surface area contributed by atoms with Crippen molar-refractivity contribution in [2.45, 2.75) is 58.2 Å². The normalized spacial score (nSPS) is 22.2. The molecule has 0 spiro atoms. The predicted octanol–water partition coefficient (Wildman–Crippen LogP) is 3.75. The van der Waals surface area contributed by atoms with Crippen LogP contribution in [-0.2, 0) is 4.74 Å². The summed E-state index contributed by atoms with van der Waals surface area (Å²) in [6.07, 6.45) is 8.50. The van der Waals surface area contributed by atoms with Crippen LogP contribution in [0.3, 0.4) is 0 Å². The number of carbonyl (C=O) groups is 1. The zero-order valence-corrected chi connectivity index (χ0v) is 21.1. The lowest BCUT2D eigenvalue weighted by Crippen LogP contribution is -2.52. The van der Waals surface area contributed by atoms with Crippen molar-refractivity contribution >= 4 is 23.2 Å². The number of amides is 1. The number of likely N-dealkylation sites (tertiary alicyclic amines) is 1. The Bertz CT molecular complexity index is 1130. The zero-order chi connectivity index (χ0) is 25.3. The number of halogens is 1. The quantitative estimate of drug-likeness (QED) is 0.648. The summed E-state index contributed by atoms with van der Waals surface area (Å²) in [6.45, 7) is 9.21. The van der Waals surface area contributed by atoms with Gasteiger partial charge in [-0.3, -0.25) is 4.79 Å². The lowest BCUT2D eigenvalue weighted by Gasteiger charge is -2.43. The molecule has 36 heavy (non-hydrogen) atoms. The van der Waals surface area contributed by atoms with Gasteiger partial charge in [0.1, 0.15) is 17.1 Å². The van der Waals surface area contributed by atoms with Gasteiger partial charge in [-0.1, -0.05) is 6.92 Å². The maximum atomic E-state index is 15.0. The highest BCUT2D eigenvalue weighted by Crippen LogP contribution is 2.36. The van der Waals surface area contributed by atoms with Crippen LogP contribution in [0, 0.1) is 11.7 Å². The summed E-state index contributed by atoms with van der Waals surface area (Å²) >= 11 is 0. The van der Waals surface area contributed by atoms with Crippen LogP contribution in [0.15, 0.2) is 30.7 Å². The largest absolute Gasteiger partial charge is 0.381 e. The SMILES string of the molecule is CC1CCCN(C(=O)c2ccc(Nc3ncc(F)c(C4=CNC(C)(C)N4C4CCOCC4)n3)cn2)C1. The van der Waals surface area contributed by atoms with Crippen LogP contribution in [0.1, 0.15) is 62.6 Å². The number of anilines is 2. The van der Waals surface area contributed by atoms with Gasteiger partial charge in [0.2, 0.25) is 5.95 Å². The molecule has 2 aromatic heterocycles. The highest BCUT2D eigenvalue weighted by atomic mass is 19.1. The van der Waals surface area contributed by atoms with Crippen molar-refractivity contribution in [1.29, 1.82) is 0 Å². The number of hydrogen-bond acceptors (Lipinski definition) is 8. The zero-order valence-electron chi connectivity index (χ0n) is 21.1. The number of aromatic nitrogens is 3. The van der Waals surface area contributed by atoms with Crippen molar-refractivity contribution < 1.29 is 13.9 Å². The topological polar surface area (TPSA) is 95.5 Å². The van der Waals surface area contributed by atoms with Crippen molar-refractivity contribution in [3.05, 3.63) is 47.9 Å². The van der Waals surface area contributed by atoms with Gasteiger partial charge in [-0.25, -0.2) is 19.3 Å². The number of piperidine rings is 1. The van der Waals surface area contributed by atoms with E-state index < -0.39 is 5.82 Å². The third-order valence-corrected chi connectivity index (χ3v) is 7.15. The summed E-state index contributed by atoms with van der Waals surface area (Å²) in [6, 6.07) is 3.69. The van der Waals surface area contributed by atoms with E-state index in [4.69, 9.17) is 4.74 Å². The van der Waals surface area contributed by atoms with E-state index in [-0.39, 0.29) is 29.3 Å². The fourth-order valence-corrected chi connectivity index (χ4v) is 5.33. The second kappa shape index (κ2) is 10.0. The van der Waals surface area contributed by atoms with E-state index in [1.165, 1.54) is 6.20 Å². The molecule has 3 aliphatic rings. The van der Waals surface area contributed by atoms with Crippen molar-refractivity contribution in [2.24, 2.45) is 5.92 Å². The van der Waals surface area contributed by atoms with E-state index in [0.29, 0.717) is 36.2 Å². The molecule has 0 aliphatic carbocycles. The van der Waals surface area contributed by atoms with Crippen LogP contribution in [0.2, 0.25) is 0 Å². The Morgan fingerprint density at radius 1 is 1.19 bits per heavy atom. The number of rotatable bonds is 5. The Morgan fingerprint density at radius 2 is 2.00 bits per heavy atom. The molecule has 0 bridgehead atoms. The van der Waals surface area contributed by atoms with E-state index in [0.717, 1.165) is 38.8 Å². The maximum Gasteiger partial charge on any atom is 0.272 e. The van der Waals surface area contributed by atoms with Gasteiger partial charge in [-0.2, -0.15) is 0 Å². The molecule has 0 saturated carbocycles. The molecular formula is C26H34FN7O2. The predicted molar refractivity (Wildman–Crippen MR) is 135 cm³/mol. The molecule has 0 aromatic carbocycles. The van der Waals surface area contributed by atoms with Crippen molar-refractivity contribution in [2.75, 3.05) is 31.6 Å². The molecule has 9 nitrogen and oxygen atoms in total. The second-order valence-corrected chi connectivity index (χ2v) is 10.4. The minimum absolute atomic E-state index is 0.0510. The monoisotopic (exact) mass is 495 g/mol. The fraction of sp³-hybridized carbons (Fsp3) is 0.538. The molecule has 2 aromatic rings. The molecule has 3 aliphatic heterocycles. The molecular weight excluding hydrogens is 461 g/mol. The van der Waals surface area contributed by atoms with Crippen LogP contribution >= 0.6 is 0 Å². The van der Waals surface area contributed by atoms with Crippen LogP contribution in [-0.4, -0.2) is 68.7 Å². The fourth-order valence-electron chi connectivity index (χ4n) is 5.33. The molecule has 192 valence electrons. The lowest BCUT2D eigenvalue weighted by atomic mass is 10.00. The molecule has 2 N–H and O–H groups in total. The average Bonchev–Trinajstić information content (AvgIpc) is 3.20. The highest BCUT2D eigenvalue weighted by Gasteiger charge is 2.40. The van der Waals surface area contributed by atoms with Gasteiger partial charge in [-0.05, 0) is 57.6 Å². The van der Waals surface area contributed by atoms with Gasteiger partial charge in [0, 0.05) is 38.5 Å². The molecule has 1 amide bonds. The van der Waals surface area contributed by atoms with Gasteiger partial charge >= 0.3 is 0 Å². The lowest BCUT2D eigenvalue weighted by molar-refractivity contribution is 0.0246. The molecule has 5 rings (SSSR count). The first kappa shape index (κ1) is 24.4.